The first-order valence-corrected chi connectivity index (χ1v) is 9.68. The average Bonchev–Trinajstić information content (AvgIpc) is 3.13. The second kappa shape index (κ2) is 9.32. The van der Waals surface area contributed by atoms with Gasteiger partial charge in [0.1, 0.15) is 5.82 Å². The molecule has 1 amide bonds. The van der Waals surface area contributed by atoms with E-state index in [0.717, 1.165) is 18.0 Å². The van der Waals surface area contributed by atoms with Crippen LogP contribution < -0.4 is 0 Å². The highest BCUT2D eigenvalue weighted by Gasteiger charge is 2.27. The Morgan fingerprint density at radius 2 is 1.97 bits per heavy atom. The minimum Gasteiger partial charge on any atom is -0.465 e. The highest BCUT2D eigenvalue weighted by atomic mass is 19.2. The van der Waals surface area contributed by atoms with Crippen LogP contribution in [0.1, 0.15) is 24.6 Å². The van der Waals surface area contributed by atoms with Crippen LogP contribution >= 0.6 is 0 Å². The third-order valence-corrected chi connectivity index (χ3v) is 5.36. The van der Waals surface area contributed by atoms with Gasteiger partial charge in [0.05, 0.1) is 12.3 Å². The first-order valence-electron chi connectivity index (χ1n) is 9.68. The van der Waals surface area contributed by atoms with Gasteiger partial charge in [0.15, 0.2) is 11.6 Å². The number of aliphatic hydroxyl groups is 1. The van der Waals surface area contributed by atoms with Crippen LogP contribution in [-0.2, 0) is 6.54 Å². The van der Waals surface area contributed by atoms with Crippen molar-refractivity contribution in [2.24, 2.45) is 0 Å². The number of likely N-dealkylation sites (tertiary alicyclic amines) is 1. The molecule has 0 bridgehead atoms. The monoisotopic (exact) mass is 408 g/mol. The molecule has 0 unspecified atom stereocenters. The van der Waals surface area contributed by atoms with Crippen molar-refractivity contribution in [3.8, 4) is 11.3 Å². The van der Waals surface area contributed by atoms with Gasteiger partial charge in [0, 0.05) is 50.4 Å². The van der Waals surface area contributed by atoms with Gasteiger partial charge in [0.2, 0.25) is 0 Å². The zero-order chi connectivity index (χ0) is 21.0. The summed E-state index contributed by atoms with van der Waals surface area (Å²) in [5, 5.41) is 18.2. The molecule has 0 saturated carbocycles. The minimum absolute atomic E-state index is 0.0705. The number of carboxylic acid groups (broad SMARTS) is 1. The number of imidazole rings is 1. The molecule has 1 aromatic carbocycles. The molecule has 3 rings (SSSR count). The van der Waals surface area contributed by atoms with Crippen LogP contribution in [0.2, 0.25) is 0 Å². The lowest BCUT2D eigenvalue weighted by atomic mass is 9.96. The van der Waals surface area contributed by atoms with Crippen molar-refractivity contribution in [3.05, 3.63) is 41.9 Å². The van der Waals surface area contributed by atoms with Crippen molar-refractivity contribution in [1.29, 1.82) is 0 Å². The van der Waals surface area contributed by atoms with Gasteiger partial charge in [-0.1, -0.05) is 0 Å². The van der Waals surface area contributed by atoms with E-state index in [1.54, 1.807) is 0 Å². The van der Waals surface area contributed by atoms with E-state index in [4.69, 9.17) is 15.2 Å². The Morgan fingerprint density at radius 1 is 1.24 bits per heavy atom. The van der Waals surface area contributed by atoms with Gasteiger partial charge in [-0.15, -0.1) is 0 Å². The lowest BCUT2D eigenvalue weighted by Gasteiger charge is -2.30. The quantitative estimate of drug-likeness (QED) is 0.736. The van der Waals surface area contributed by atoms with E-state index >= 15 is 0 Å². The Balaban J connectivity index is 1.85. The molecule has 158 valence electrons. The molecule has 29 heavy (non-hydrogen) atoms. The standard InChI is InChI=1S/C20H26F2N4O3/c1-24(10-11-27)8-9-26-13-18(15-2-3-16(21)17(22)12-15)23-19(26)14-4-6-25(7-5-14)20(28)29/h2-3,12-14,27H,4-11H2,1H3,(H,28,29). The van der Waals surface area contributed by atoms with E-state index in [0.29, 0.717) is 56.8 Å². The van der Waals surface area contributed by atoms with Crippen LogP contribution in [0.15, 0.2) is 24.4 Å². The van der Waals surface area contributed by atoms with Crippen molar-refractivity contribution >= 4 is 6.09 Å². The van der Waals surface area contributed by atoms with E-state index in [2.05, 4.69) is 0 Å². The summed E-state index contributed by atoms with van der Waals surface area (Å²) < 4.78 is 29.0. The molecule has 2 N–H and O–H groups in total. The van der Waals surface area contributed by atoms with Crippen molar-refractivity contribution in [2.75, 3.05) is 39.8 Å². The molecule has 2 heterocycles. The number of rotatable bonds is 7. The van der Waals surface area contributed by atoms with Crippen LogP contribution in [0.3, 0.4) is 0 Å². The number of nitrogens with zero attached hydrogens (tertiary/aromatic N) is 4. The number of hydrogen-bond donors (Lipinski definition) is 2. The summed E-state index contributed by atoms with van der Waals surface area (Å²) in [6.45, 7) is 2.82. The van der Waals surface area contributed by atoms with Gasteiger partial charge in [0.25, 0.3) is 0 Å². The van der Waals surface area contributed by atoms with Crippen LogP contribution in [-0.4, -0.2) is 75.5 Å². The van der Waals surface area contributed by atoms with Crippen molar-refractivity contribution in [3.63, 3.8) is 0 Å². The van der Waals surface area contributed by atoms with Gasteiger partial charge < -0.3 is 24.6 Å². The summed E-state index contributed by atoms with van der Waals surface area (Å²) >= 11 is 0. The fraction of sp³-hybridized carbons (Fsp3) is 0.500. The number of benzene rings is 1. The first kappa shape index (κ1) is 21.2. The Morgan fingerprint density at radius 3 is 2.59 bits per heavy atom. The third kappa shape index (κ3) is 5.10. The van der Waals surface area contributed by atoms with E-state index in [1.165, 1.54) is 11.0 Å². The molecule has 1 aliphatic heterocycles. The van der Waals surface area contributed by atoms with E-state index in [9.17, 15) is 13.6 Å². The molecule has 2 aromatic rings. The molecule has 7 nitrogen and oxygen atoms in total. The molecule has 1 saturated heterocycles. The van der Waals surface area contributed by atoms with Gasteiger partial charge in [-0.3, -0.25) is 0 Å². The molecular weight excluding hydrogens is 382 g/mol. The topological polar surface area (TPSA) is 81.8 Å². The predicted octanol–water partition coefficient (Wildman–Crippen LogP) is 2.61. The third-order valence-electron chi connectivity index (χ3n) is 5.36. The van der Waals surface area contributed by atoms with Crippen molar-refractivity contribution in [1.82, 2.24) is 19.4 Å². The molecule has 9 heteroatoms. The molecule has 0 spiro atoms. The summed E-state index contributed by atoms with van der Waals surface area (Å²) in [6, 6.07) is 3.72. The predicted molar refractivity (Wildman–Crippen MR) is 104 cm³/mol. The molecule has 0 aliphatic carbocycles. The Kier molecular flexibility index (Phi) is 6.81. The number of carbonyl (C=O) groups is 1. The van der Waals surface area contributed by atoms with Gasteiger partial charge in [-0.25, -0.2) is 18.6 Å². The zero-order valence-corrected chi connectivity index (χ0v) is 16.4. The fourth-order valence-corrected chi connectivity index (χ4v) is 3.62. The summed E-state index contributed by atoms with van der Waals surface area (Å²) in [7, 11) is 1.91. The summed E-state index contributed by atoms with van der Waals surface area (Å²) in [5.74, 6) is -0.906. The van der Waals surface area contributed by atoms with Gasteiger partial charge in [-0.2, -0.15) is 0 Å². The smallest absolute Gasteiger partial charge is 0.407 e. The van der Waals surface area contributed by atoms with E-state index in [-0.39, 0.29) is 12.5 Å². The minimum atomic E-state index is -0.920. The van der Waals surface area contributed by atoms with Crippen LogP contribution in [0.25, 0.3) is 11.3 Å². The highest BCUT2D eigenvalue weighted by molar-refractivity contribution is 5.65. The van der Waals surface area contributed by atoms with Gasteiger partial charge >= 0.3 is 6.09 Å². The van der Waals surface area contributed by atoms with Gasteiger partial charge in [-0.05, 0) is 38.1 Å². The maximum Gasteiger partial charge on any atom is 0.407 e. The highest BCUT2D eigenvalue weighted by Crippen LogP contribution is 2.30. The lowest BCUT2D eigenvalue weighted by molar-refractivity contribution is 0.131. The fourth-order valence-electron chi connectivity index (χ4n) is 3.62. The second-order valence-electron chi connectivity index (χ2n) is 7.38. The molecule has 0 atom stereocenters. The molecular formula is C20H26F2N4O3. The number of halogens is 2. The Labute approximate surface area is 168 Å². The number of likely N-dealkylation sites (N-methyl/N-ethyl adjacent to an activating group) is 1. The van der Waals surface area contributed by atoms with Crippen LogP contribution in [0, 0.1) is 11.6 Å². The average molecular weight is 408 g/mol. The largest absolute Gasteiger partial charge is 0.465 e. The Bertz CT molecular complexity index is 850. The summed E-state index contributed by atoms with van der Waals surface area (Å²) in [6.07, 6.45) is 2.23. The van der Waals surface area contributed by atoms with Crippen LogP contribution in [0.4, 0.5) is 13.6 Å². The van der Waals surface area contributed by atoms with E-state index in [1.807, 2.05) is 22.7 Å². The summed E-state index contributed by atoms with van der Waals surface area (Å²) in [4.78, 5) is 19.3. The first-order chi connectivity index (χ1) is 13.9. The van der Waals surface area contributed by atoms with Crippen molar-refractivity contribution < 1.29 is 23.8 Å². The number of aliphatic hydroxyl groups excluding tert-OH is 1. The summed E-state index contributed by atoms with van der Waals surface area (Å²) in [5.41, 5.74) is 1.06. The molecule has 0 radical (unpaired) electrons. The number of amides is 1. The number of aromatic nitrogens is 2. The number of hydrogen-bond acceptors (Lipinski definition) is 4. The maximum atomic E-state index is 13.7. The molecule has 1 aromatic heterocycles. The van der Waals surface area contributed by atoms with E-state index < -0.39 is 17.7 Å². The zero-order valence-electron chi connectivity index (χ0n) is 16.4. The normalized spacial score (nSPS) is 15.3. The molecule has 1 fully saturated rings. The SMILES string of the molecule is CN(CCO)CCn1cc(-c2ccc(F)c(F)c2)nc1C1CCN(C(=O)O)CC1. The second-order valence-corrected chi connectivity index (χ2v) is 7.38. The maximum absolute atomic E-state index is 13.7. The Hall–Kier alpha value is -2.52. The van der Waals surface area contributed by atoms with Crippen molar-refractivity contribution in [2.45, 2.75) is 25.3 Å². The van der Waals surface area contributed by atoms with Crippen LogP contribution in [0.5, 0.6) is 0 Å². The number of piperidine rings is 1. The molecule has 1 aliphatic rings. The lowest BCUT2D eigenvalue weighted by Crippen LogP contribution is -2.37.